The van der Waals surface area contributed by atoms with Crippen molar-refractivity contribution in [2.24, 2.45) is 0 Å². The van der Waals surface area contributed by atoms with Crippen LogP contribution < -0.4 is 4.74 Å². The van der Waals surface area contributed by atoms with E-state index in [4.69, 9.17) is 15.1 Å². The molecule has 0 unspecified atom stereocenters. The van der Waals surface area contributed by atoms with Gasteiger partial charge in [-0.25, -0.2) is 0 Å². The minimum absolute atomic E-state index is 0.0204. The second kappa shape index (κ2) is 5.84. The SMILES string of the molecule is CC(=Cc1ccccc1OCC#N)CO. The molecule has 1 N–H and O–H groups in total. The predicted octanol–water partition coefficient (Wildman–Crippen LogP) is 1.98. The predicted molar refractivity (Wildman–Crippen MR) is 58.3 cm³/mol. The van der Waals surface area contributed by atoms with Crippen LogP contribution in [0.1, 0.15) is 12.5 Å². The Morgan fingerprint density at radius 1 is 1.53 bits per heavy atom. The highest BCUT2D eigenvalue weighted by atomic mass is 16.5. The highest BCUT2D eigenvalue weighted by Gasteiger charge is 1.99. The van der Waals surface area contributed by atoms with Crippen LogP contribution in [-0.2, 0) is 0 Å². The zero-order valence-corrected chi connectivity index (χ0v) is 8.60. The van der Waals surface area contributed by atoms with Crippen LogP contribution in [0.25, 0.3) is 6.08 Å². The molecule has 1 aromatic rings. The molecule has 3 heteroatoms. The minimum Gasteiger partial charge on any atom is -0.478 e. The zero-order valence-electron chi connectivity index (χ0n) is 8.60. The summed E-state index contributed by atoms with van der Waals surface area (Å²) in [5, 5.41) is 17.3. The van der Waals surface area contributed by atoms with Crippen molar-refractivity contribution in [2.45, 2.75) is 6.92 Å². The van der Waals surface area contributed by atoms with E-state index in [9.17, 15) is 0 Å². The standard InChI is InChI=1S/C12H13NO2/c1-10(9-14)8-11-4-2-3-5-12(11)15-7-6-13/h2-5,8,14H,7,9H2,1H3. The van der Waals surface area contributed by atoms with E-state index in [2.05, 4.69) is 0 Å². The lowest BCUT2D eigenvalue weighted by atomic mass is 10.1. The lowest BCUT2D eigenvalue weighted by Gasteiger charge is -2.06. The van der Waals surface area contributed by atoms with Gasteiger partial charge in [0.15, 0.2) is 6.61 Å². The maximum Gasteiger partial charge on any atom is 0.174 e. The molecule has 0 fully saturated rings. The number of hydrogen-bond donors (Lipinski definition) is 1. The smallest absolute Gasteiger partial charge is 0.174 e. The summed E-state index contributed by atoms with van der Waals surface area (Å²) in [6.45, 7) is 1.89. The Morgan fingerprint density at radius 2 is 2.27 bits per heavy atom. The van der Waals surface area contributed by atoms with Gasteiger partial charge in [-0.2, -0.15) is 5.26 Å². The van der Waals surface area contributed by atoms with Crippen molar-refractivity contribution in [3.63, 3.8) is 0 Å². The second-order valence-electron chi connectivity index (χ2n) is 3.13. The molecule has 15 heavy (non-hydrogen) atoms. The molecule has 0 aliphatic rings. The van der Waals surface area contributed by atoms with E-state index in [-0.39, 0.29) is 13.2 Å². The average molecular weight is 203 g/mol. The Kier molecular flexibility index (Phi) is 4.39. The third-order valence-corrected chi connectivity index (χ3v) is 1.86. The van der Waals surface area contributed by atoms with Gasteiger partial charge in [-0.3, -0.25) is 0 Å². The molecular formula is C12H13NO2. The van der Waals surface area contributed by atoms with Crippen LogP contribution in [0.15, 0.2) is 29.8 Å². The van der Waals surface area contributed by atoms with Crippen LogP contribution in [0.2, 0.25) is 0 Å². The molecule has 0 aliphatic carbocycles. The molecule has 0 amide bonds. The van der Waals surface area contributed by atoms with Crippen molar-refractivity contribution >= 4 is 6.08 Å². The molecule has 78 valence electrons. The molecule has 0 saturated carbocycles. The van der Waals surface area contributed by atoms with Crippen LogP contribution >= 0.6 is 0 Å². The van der Waals surface area contributed by atoms with Gasteiger partial charge >= 0.3 is 0 Å². The van der Waals surface area contributed by atoms with E-state index in [1.54, 1.807) is 6.07 Å². The summed E-state index contributed by atoms with van der Waals surface area (Å²) < 4.78 is 5.24. The molecule has 0 bridgehead atoms. The summed E-state index contributed by atoms with van der Waals surface area (Å²) in [7, 11) is 0. The van der Waals surface area contributed by atoms with E-state index in [1.165, 1.54) is 0 Å². The largest absolute Gasteiger partial charge is 0.478 e. The molecule has 0 aromatic heterocycles. The van der Waals surface area contributed by atoms with Crippen LogP contribution in [0.3, 0.4) is 0 Å². The Hall–Kier alpha value is -1.79. The van der Waals surface area contributed by atoms with Crippen molar-refractivity contribution < 1.29 is 9.84 Å². The van der Waals surface area contributed by atoms with Crippen LogP contribution in [-0.4, -0.2) is 18.3 Å². The molecule has 1 aromatic carbocycles. The van der Waals surface area contributed by atoms with Gasteiger partial charge in [0.05, 0.1) is 6.61 Å². The summed E-state index contributed by atoms with van der Waals surface area (Å²) in [6, 6.07) is 9.33. The van der Waals surface area contributed by atoms with Gasteiger partial charge in [-0.15, -0.1) is 0 Å². The number of para-hydroxylation sites is 1. The molecule has 0 spiro atoms. The number of aliphatic hydroxyl groups excluding tert-OH is 1. The van der Waals surface area contributed by atoms with E-state index in [1.807, 2.05) is 37.3 Å². The molecule has 1 rings (SSSR count). The topological polar surface area (TPSA) is 53.2 Å². The van der Waals surface area contributed by atoms with E-state index >= 15 is 0 Å². The van der Waals surface area contributed by atoms with Gasteiger partial charge in [0.25, 0.3) is 0 Å². The highest BCUT2D eigenvalue weighted by Crippen LogP contribution is 2.20. The molecule has 0 saturated heterocycles. The lowest BCUT2D eigenvalue weighted by Crippen LogP contribution is -1.95. The first kappa shape index (κ1) is 11.3. The van der Waals surface area contributed by atoms with Crippen molar-refractivity contribution in [3.8, 4) is 11.8 Å². The fourth-order valence-electron chi connectivity index (χ4n) is 1.15. The fourth-order valence-corrected chi connectivity index (χ4v) is 1.15. The molecule has 0 atom stereocenters. The third-order valence-electron chi connectivity index (χ3n) is 1.86. The van der Waals surface area contributed by atoms with Crippen molar-refractivity contribution in [3.05, 3.63) is 35.4 Å². The molecule has 3 nitrogen and oxygen atoms in total. The molecule has 0 radical (unpaired) electrons. The van der Waals surface area contributed by atoms with Gasteiger partial charge in [-0.05, 0) is 18.6 Å². The Morgan fingerprint density at radius 3 is 2.93 bits per heavy atom. The third kappa shape index (κ3) is 3.45. The van der Waals surface area contributed by atoms with Gasteiger partial charge in [0.2, 0.25) is 0 Å². The molecule has 0 heterocycles. The Balaban J connectivity index is 2.92. The number of hydrogen-bond acceptors (Lipinski definition) is 3. The summed E-state index contributed by atoms with van der Waals surface area (Å²) in [4.78, 5) is 0. The van der Waals surface area contributed by atoms with Gasteiger partial charge in [0.1, 0.15) is 11.8 Å². The van der Waals surface area contributed by atoms with Crippen LogP contribution in [0.5, 0.6) is 5.75 Å². The number of nitrogens with zero attached hydrogens (tertiary/aromatic N) is 1. The average Bonchev–Trinajstić information content (AvgIpc) is 2.28. The summed E-state index contributed by atoms with van der Waals surface area (Å²) >= 11 is 0. The maximum atomic E-state index is 8.90. The first-order chi connectivity index (χ1) is 7.27. The van der Waals surface area contributed by atoms with Gasteiger partial charge in [-0.1, -0.05) is 24.3 Å². The number of benzene rings is 1. The van der Waals surface area contributed by atoms with E-state index < -0.39 is 0 Å². The number of rotatable bonds is 4. The second-order valence-corrected chi connectivity index (χ2v) is 3.13. The van der Waals surface area contributed by atoms with Crippen LogP contribution in [0.4, 0.5) is 0 Å². The summed E-state index contributed by atoms with van der Waals surface area (Å²) in [6.07, 6.45) is 1.84. The lowest BCUT2D eigenvalue weighted by molar-refractivity contribution is 0.332. The Labute approximate surface area is 89.2 Å². The normalized spacial score (nSPS) is 10.9. The number of aliphatic hydroxyl groups is 1. The maximum absolute atomic E-state index is 8.90. The van der Waals surface area contributed by atoms with E-state index in [0.717, 1.165) is 11.1 Å². The number of nitriles is 1. The van der Waals surface area contributed by atoms with Crippen molar-refractivity contribution in [2.75, 3.05) is 13.2 Å². The minimum atomic E-state index is 0.0204. The summed E-state index contributed by atoms with van der Waals surface area (Å²) in [5.41, 5.74) is 1.72. The first-order valence-corrected chi connectivity index (χ1v) is 4.64. The number of ether oxygens (including phenoxy) is 1. The van der Waals surface area contributed by atoms with Crippen LogP contribution in [0, 0.1) is 11.3 Å². The summed E-state index contributed by atoms with van der Waals surface area (Å²) in [5.74, 6) is 0.659. The monoisotopic (exact) mass is 203 g/mol. The van der Waals surface area contributed by atoms with Crippen molar-refractivity contribution in [1.29, 1.82) is 5.26 Å². The van der Waals surface area contributed by atoms with Crippen molar-refractivity contribution in [1.82, 2.24) is 0 Å². The van der Waals surface area contributed by atoms with Gasteiger partial charge in [0, 0.05) is 5.56 Å². The van der Waals surface area contributed by atoms with Gasteiger partial charge < -0.3 is 9.84 Å². The fraction of sp³-hybridized carbons (Fsp3) is 0.250. The highest BCUT2D eigenvalue weighted by molar-refractivity contribution is 5.59. The zero-order chi connectivity index (χ0) is 11.1. The van der Waals surface area contributed by atoms with E-state index in [0.29, 0.717) is 5.75 Å². The molecule has 0 aliphatic heterocycles. The quantitative estimate of drug-likeness (QED) is 0.814. The molecular weight excluding hydrogens is 190 g/mol. The Bertz CT molecular complexity index is 391. The first-order valence-electron chi connectivity index (χ1n) is 4.64.